The van der Waals surface area contributed by atoms with E-state index in [4.69, 9.17) is 9.47 Å². The molecular formula is C18H34O3. The molecule has 1 rings (SSSR count). The Labute approximate surface area is 130 Å². The number of hydrogen-bond acceptors (Lipinski definition) is 3. The summed E-state index contributed by atoms with van der Waals surface area (Å²) in [7, 11) is 0. The first-order valence-corrected chi connectivity index (χ1v) is 8.78. The van der Waals surface area contributed by atoms with Crippen LogP contribution >= 0.6 is 0 Å². The fourth-order valence-electron chi connectivity index (χ4n) is 3.45. The van der Waals surface area contributed by atoms with Gasteiger partial charge in [-0.15, -0.1) is 0 Å². The predicted octanol–water partition coefficient (Wildman–Crippen LogP) is 4.59. The second kappa shape index (κ2) is 9.45. The topological polar surface area (TPSA) is 35.5 Å². The molecule has 0 aliphatic heterocycles. The lowest BCUT2D eigenvalue weighted by atomic mass is 9.72. The minimum Gasteiger partial charge on any atom is -0.466 e. The molecule has 0 aromatic carbocycles. The lowest BCUT2D eigenvalue weighted by Gasteiger charge is -2.38. The Kier molecular flexibility index (Phi) is 8.31. The van der Waals surface area contributed by atoms with Crippen molar-refractivity contribution in [2.24, 2.45) is 17.8 Å². The summed E-state index contributed by atoms with van der Waals surface area (Å²) in [5, 5.41) is 0. The van der Waals surface area contributed by atoms with Gasteiger partial charge in [-0.2, -0.15) is 0 Å². The highest BCUT2D eigenvalue weighted by atomic mass is 16.5. The number of rotatable bonds is 8. The van der Waals surface area contributed by atoms with Crippen LogP contribution in [-0.4, -0.2) is 24.8 Å². The van der Waals surface area contributed by atoms with Crippen molar-refractivity contribution in [3.8, 4) is 0 Å². The fraction of sp³-hybridized carbons (Fsp3) is 0.944. The van der Waals surface area contributed by atoms with Gasteiger partial charge in [0.05, 0.1) is 18.8 Å². The molecule has 0 saturated heterocycles. The maximum absolute atomic E-state index is 11.8. The van der Waals surface area contributed by atoms with E-state index in [1.165, 1.54) is 6.42 Å². The molecule has 5 atom stereocenters. The van der Waals surface area contributed by atoms with Crippen molar-refractivity contribution in [1.82, 2.24) is 0 Å². The second-order valence-electron chi connectivity index (χ2n) is 6.83. The Morgan fingerprint density at radius 3 is 2.52 bits per heavy atom. The fourth-order valence-corrected chi connectivity index (χ4v) is 3.45. The number of esters is 1. The molecule has 0 aromatic heterocycles. The standard InChI is InChI=1S/C18H34O3/c1-6-10-20-18(19)12-14(4)17-9-8-16(11-13(17)3)21-15(5)7-2/h13-17H,6-12H2,1-5H3. The molecule has 5 unspecified atom stereocenters. The third-order valence-corrected chi connectivity index (χ3v) is 4.87. The van der Waals surface area contributed by atoms with Crippen molar-refractivity contribution in [3.05, 3.63) is 0 Å². The van der Waals surface area contributed by atoms with Gasteiger partial charge in [-0.3, -0.25) is 4.79 Å². The molecule has 0 radical (unpaired) electrons. The van der Waals surface area contributed by atoms with Gasteiger partial charge in [0.2, 0.25) is 0 Å². The van der Waals surface area contributed by atoms with E-state index in [1.54, 1.807) is 0 Å². The van der Waals surface area contributed by atoms with E-state index in [2.05, 4.69) is 27.7 Å². The quantitative estimate of drug-likeness (QED) is 0.615. The highest BCUT2D eigenvalue weighted by molar-refractivity contribution is 5.69. The van der Waals surface area contributed by atoms with Crippen molar-refractivity contribution in [2.75, 3.05) is 6.61 Å². The van der Waals surface area contributed by atoms with Gasteiger partial charge in [0.1, 0.15) is 0 Å². The molecule has 0 spiro atoms. The lowest BCUT2D eigenvalue weighted by molar-refractivity contribution is -0.145. The first kappa shape index (κ1) is 18.5. The van der Waals surface area contributed by atoms with Crippen LogP contribution in [0.1, 0.15) is 73.1 Å². The van der Waals surface area contributed by atoms with E-state index >= 15 is 0 Å². The highest BCUT2D eigenvalue weighted by Crippen LogP contribution is 2.38. The molecule has 1 fully saturated rings. The van der Waals surface area contributed by atoms with Crippen LogP contribution in [-0.2, 0) is 14.3 Å². The van der Waals surface area contributed by atoms with E-state index in [0.29, 0.717) is 43.0 Å². The van der Waals surface area contributed by atoms with Crippen LogP contribution in [0.25, 0.3) is 0 Å². The van der Waals surface area contributed by atoms with Gasteiger partial charge in [0, 0.05) is 6.42 Å². The molecule has 3 nitrogen and oxygen atoms in total. The zero-order chi connectivity index (χ0) is 15.8. The summed E-state index contributed by atoms with van der Waals surface area (Å²) in [5.74, 6) is 1.63. The summed E-state index contributed by atoms with van der Waals surface area (Å²) in [5.41, 5.74) is 0. The van der Waals surface area contributed by atoms with Crippen LogP contribution in [0.5, 0.6) is 0 Å². The molecule has 0 aromatic rings. The number of carbonyl (C=O) groups is 1. The molecule has 1 aliphatic rings. The van der Waals surface area contributed by atoms with Gasteiger partial charge in [0.25, 0.3) is 0 Å². The molecule has 3 heteroatoms. The summed E-state index contributed by atoms with van der Waals surface area (Å²) in [4.78, 5) is 11.8. The van der Waals surface area contributed by atoms with Crippen molar-refractivity contribution >= 4 is 5.97 Å². The van der Waals surface area contributed by atoms with E-state index in [0.717, 1.165) is 25.7 Å². The summed E-state index contributed by atoms with van der Waals surface area (Å²) >= 11 is 0. The maximum atomic E-state index is 11.8. The van der Waals surface area contributed by atoms with Gasteiger partial charge in [-0.1, -0.05) is 27.7 Å². The largest absolute Gasteiger partial charge is 0.466 e. The van der Waals surface area contributed by atoms with E-state index < -0.39 is 0 Å². The first-order valence-electron chi connectivity index (χ1n) is 8.78. The predicted molar refractivity (Wildman–Crippen MR) is 86.2 cm³/mol. The van der Waals surface area contributed by atoms with Crippen molar-refractivity contribution in [3.63, 3.8) is 0 Å². The highest BCUT2D eigenvalue weighted by Gasteiger charge is 2.33. The smallest absolute Gasteiger partial charge is 0.306 e. The maximum Gasteiger partial charge on any atom is 0.306 e. The lowest BCUT2D eigenvalue weighted by Crippen LogP contribution is -2.34. The molecular weight excluding hydrogens is 264 g/mol. The van der Waals surface area contributed by atoms with E-state index in [1.807, 2.05) is 6.92 Å². The SMILES string of the molecule is CCCOC(=O)CC(C)C1CCC(OC(C)CC)CC1C. The Morgan fingerprint density at radius 2 is 1.95 bits per heavy atom. The zero-order valence-electron chi connectivity index (χ0n) is 14.6. The van der Waals surface area contributed by atoms with Gasteiger partial charge in [-0.25, -0.2) is 0 Å². The Morgan fingerprint density at radius 1 is 1.24 bits per heavy atom. The summed E-state index contributed by atoms with van der Waals surface area (Å²) in [6, 6.07) is 0. The molecule has 0 amide bonds. The van der Waals surface area contributed by atoms with Crippen LogP contribution in [0.15, 0.2) is 0 Å². The molecule has 124 valence electrons. The molecule has 1 aliphatic carbocycles. The summed E-state index contributed by atoms with van der Waals surface area (Å²) in [6.07, 6.45) is 6.74. The monoisotopic (exact) mass is 298 g/mol. The van der Waals surface area contributed by atoms with Crippen molar-refractivity contribution < 1.29 is 14.3 Å². The Balaban J connectivity index is 2.38. The normalized spacial score (nSPS) is 28.9. The average molecular weight is 298 g/mol. The van der Waals surface area contributed by atoms with Crippen molar-refractivity contribution in [1.29, 1.82) is 0 Å². The van der Waals surface area contributed by atoms with E-state index in [-0.39, 0.29) is 5.97 Å². The number of carbonyl (C=O) groups excluding carboxylic acids is 1. The minimum atomic E-state index is -0.0328. The molecule has 0 heterocycles. The summed E-state index contributed by atoms with van der Waals surface area (Å²) in [6.45, 7) is 11.4. The molecule has 1 saturated carbocycles. The van der Waals surface area contributed by atoms with Crippen LogP contribution in [0, 0.1) is 17.8 Å². The van der Waals surface area contributed by atoms with Crippen LogP contribution in [0.4, 0.5) is 0 Å². The number of hydrogen-bond donors (Lipinski definition) is 0. The Hall–Kier alpha value is -0.570. The molecule has 0 bridgehead atoms. The van der Waals surface area contributed by atoms with Gasteiger partial charge in [-0.05, 0) is 56.8 Å². The van der Waals surface area contributed by atoms with Crippen molar-refractivity contribution in [2.45, 2.75) is 85.4 Å². The second-order valence-corrected chi connectivity index (χ2v) is 6.83. The zero-order valence-corrected chi connectivity index (χ0v) is 14.6. The Bertz CT molecular complexity index is 303. The number of ether oxygens (including phenoxy) is 2. The van der Waals surface area contributed by atoms with Crippen LogP contribution in [0.3, 0.4) is 0 Å². The molecule has 21 heavy (non-hydrogen) atoms. The van der Waals surface area contributed by atoms with E-state index in [9.17, 15) is 4.79 Å². The first-order chi connectivity index (χ1) is 9.97. The van der Waals surface area contributed by atoms with Gasteiger partial charge >= 0.3 is 5.97 Å². The minimum absolute atomic E-state index is 0.0328. The molecule has 0 N–H and O–H groups in total. The third-order valence-electron chi connectivity index (χ3n) is 4.87. The van der Waals surface area contributed by atoms with Crippen LogP contribution in [0.2, 0.25) is 0 Å². The summed E-state index contributed by atoms with van der Waals surface area (Å²) < 4.78 is 11.3. The van der Waals surface area contributed by atoms with Gasteiger partial charge in [0.15, 0.2) is 0 Å². The average Bonchev–Trinajstić information content (AvgIpc) is 2.44. The van der Waals surface area contributed by atoms with Gasteiger partial charge < -0.3 is 9.47 Å². The van der Waals surface area contributed by atoms with Crippen LogP contribution < -0.4 is 0 Å². The third kappa shape index (κ3) is 6.37.